The Balaban J connectivity index is 1.44. The highest BCUT2D eigenvalue weighted by Gasteiger charge is 2.27. The van der Waals surface area contributed by atoms with E-state index in [9.17, 15) is 4.79 Å². The van der Waals surface area contributed by atoms with Crippen LogP contribution in [-0.4, -0.2) is 37.1 Å². The number of carbonyl (C=O) groups excluding carboxylic acids is 1. The van der Waals surface area contributed by atoms with Gasteiger partial charge in [0.2, 0.25) is 0 Å². The van der Waals surface area contributed by atoms with Crippen LogP contribution in [-0.2, 0) is 19.7 Å². The summed E-state index contributed by atoms with van der Waals surface area (Å²) in [6.07, 6.45) is 3.53. The van der Waals surface area contributed by atoms with Crippen molar-refractivity contribution in [2.24, 2.45) is 0 Å². The molecule has 1 amide bonds. The van der Waals surface area contributed by atoms with E-state index >= 15 is 0 Å². The summed E-state index contributed by atoms with van der Waals surface area (Å²) >= 11 is 0. The van der Waals surface area contributed by atoms with Gasteiger partial charge in [-0.25, -0.2) is 9.97 Å². The molecule has 0 aliphatic carbocycles. The van der Waals surface area contributed by atoms with Gasteiger partial charge in [-0.3, -0.25) is 9.48 Å². The zero-order valence-electron chi connectivity index (χ0n) is 14.5. The van der Waals surface area contributed by atoms with Gasteiger partial charge in [0.25, 0.3) is 5.91 Å². The number of para-hydroxylation sites is 1. The molecule has 0 radical (unpaired) electrons. The van der Waals surface area contributed by atoms with Gasteiger partial charge in [0.05, 0.1) is 13.1 Å². The van der Waals surface area contributed by atoms with Crippen LogP contribution in [0, 0.1) is 6.92 Å². The van der Waals surface area contributed by atoms with Crippen LogP contribution in [0.5, 0.6) is 5.75 Å². The van der Waals surface area contributed by atoms with Crippen LogP contribution in [0.2, 0.25) is 0 Å². The molecule has 3 heterocycles. The molecule has 1 aliphatic heterocycles. The first kappa shape index (κ1) is 16.3. The zero-order valence-corrected chi connectivity index (χ0v) is 14.5. The second kappa shape index (κ2) is 6.95. The number of benzene rings is 1. The number of rotatable bonds is 5. The molecule has 1 aliphatic rings. The molecule has 3 aromatic rings. The molecule has 0 spiro atoms. The average Bonchev–Trinajstić information content (AvgIpc) is 3.09. The van der Waals surface area contributed by atoms with Crippen molar-refractivity contribution in [3.8, 4) is 5.75 Å². The molecule has 0 saturated carbocycles. The Labute approximate surface area is 151 Å². The number of aromatic nitrogens is 4. The van der Waals surface area contributed by atoms with Gasteiger partial charge in [-0.05, 0) is 30.7 Å². The topological polar surface area (TPSA) is 73.1 Å². The van der Waals surface area contributed by atoms with E-state index in [-0.39, 0.29) is 5.91 Å². The van der Waals surface area contributed by atoms with Crippen LogP contribution >= 0.6 is 0 Å². The van der Waals surface area contributed by atoms with E-state index in [1.54, 1.807) is 28.0 Å². The molecule has 0 atom stereocenters. The minimum absolute atomic E-state index is 0.0566. The van der Waals surface area contributed by atoms with Crippen molar-refractivity contribution in [2.45, 2.75) is 26.6 Å². The van der Waals surface area contributed by atoms with Gasteiger partial charge in [-0.1, -0.05) is 18.2 Å². The molecule has 2 aromatic heterocycles. The summed E-state index contributed by atoms with van der Waals surface area (Å²) in [5.74, 6) is 1.37. The fourth-order valence-corrected chi connectivity index (χ4v) is 2.86. The standard InChI is InChI=1S/C19H19N5O2/c1-14-10-20-18(21-11-14)12-23-7-8-24-17(19(23)25)9-15(22-24)13-26-16-5-3-2-4-6-16/h2-6,9-11H,7-8,12-13H2,1H3. The van der Waals surface area contributed by atoms with Crippen molar-refractivity contribution in [3.05, 3.63) is 71.6 Å². The summed E-state index contributed by atoms with van der Waals surface area (Å²) in [6.45, 7) is 3.91. The minimum Gasteiger partial charge on any atom is -0.487 e. The second-order valence-corrected chi connectivity index (χ2v) is 6.25. The third-order valence-corrected chi connectivity index (χ3v) is 4.22. The van der Waals surface area contributed by atoms with Crippen LogP contribution < -0.4 is 4.74 Å². The number of ether oxygens (including phenoxy) is 1. The number of hydrogen-bond acceptors (Lipinski definition) is 5. The Bertz CT molecular complexity index is 905. The summed E-state index contributed by atoms with van der Waals surface area (Å²) in [7, 11) is 0. The molecule has 26 heavy (non-hydrogen) atoms. The Morgan fingerprint density at radius 3 is 2.65 bits per heavy atom. The molecule has 0 N–H and O–H groups in total. The van der Waals surface area contributed by atoms with Crippen molar-refractivity contribution in [2.75, 3.05) is 6.54 Å². The normalized spacial score (nSPS) is 13.6. The quantitative estimate of drug-likeness (QED) is 0.706. The maximum absolute atomic E-state index is 12.7. The highest BCUT2D eigenvalue weighted by atomic mass is 16.5. The molecule has 0 saturated heterocycles. The van der Waals surface area contributed by atoms with E-state index < -0.39 is 0 Å². The van der Waals surface area contributed by atoms with Gasteiger partial charge in [0.1, 0.15) is 29.6 Å². The Morgan fingerprint density at radius 2 is 1.88 bits per heavy atom. The fraction of sp³-hybridized carbons (Fsp3) is 0.263. The lowest BCUT2D eigenvalue weighted by atomic mass is 10.2. The summed E-state index contributed by atoms with van der Waals surface area (Å²) in [5.41, 5.74) is 2.32. The number of hydrogen-bond donors (Lipinski definition) is 0. The predicted molar refractivity (Wildman–Crippen MR) is 94.5 cm³/mol. The number of fused-ring (bicyclic) bond motifs is 1. The molecular weight excluding hydrogens is 330 g/mol. The first-order chi connectivity index (χ1) is 12.7. The van der Waals surface area contributed by atoms with Crippen LogP contribution in [0.4, 0.5) is 0 Å². The molecule has 0 bridgehead atoms. The van der Waals surface area contributed by atoms with E-state index in [0.29, 0.717) is 37.8 Å². The third-order valence-electron chi connectivity index (χ3n) is 4.22. The summed E-state index contributed by atoms with van der Waals surface area (Å²) in [6, 6.07) is 11.4. The molecule has 0 fully saturated rings. The Kier molecular flexibility index (Phi) is 4.35. The highest BCUT2D eigenvalue weighted by Crippen LogP contribution is 2.17. The lowest BCUT2D eigenvalue weighted by molar-refractivity contribution is 0.0678. The number of nitrogens with zero attached hydrogens (tertiary/aromatic N) is 5. The average molecular weight is 349 g/mol. The number of aryl methyl sites for hydroxylation is 1. The van der Waals surface area contributed by atoms with E-state index in [2.05, 4.69) is 15.1 Å². The minimum atomic E-state index is -0.0566. The van der Waals surface area contributed by atoms with Crippen molar-refractivity contribution in [3.63, 3.8) is 0 Å². The lowest BCUT2D eigenvalue weighted by Crippen LogP contribution is -2.40. The molecule has 1 aromatic carbocycles. The van der Waals surface area contributed by atoms with Crippen LogP contribution in [0.15, 0.2) is 48.8 Å². The molecule has 132 valence electrons. The summed E-state index contributed by atoms with van der Waals surface area (Å²) < 4.78 is 7.47. The second-order valence-electron chi connectivity index (χ2n) is 6.25. The monoisotopic (exact) mass is 349 g/mol. The van der Waals surface area contributed by atoms with Gasteiger partial charge >= 0.3 is 0 Å². The SMILES string of the molecule is Cc1cnc(CN2CCn3nc(COc4ccccc4)cc3C2=O)nc1. The molecule has 0 unspecified atom stereocenters. The van der Waals surface area contributed by atoms with Crippen LogP contribution in [0.1, 0.15) is 27.6 Å². The molecule has 7 nitrogen and oxygen atoms in total. The zero-order chi connectivity index (χ0) is 17.9. The third kappa shape index (κ3) is 3.42. The first-order valence-corrected chi connectivity index (χ1v) is 8.50. The molecular formula is C19H19N5O2. The summed E-state index contributed by atoms with van der Waals surface area (Å²) in [4.78, 5) is 23.1. The Hall–Kier alpha value is -3.22. The van der Waals surface area contributed by atoms with E-state index in [1.165, 1.54) is 0 Å². The number of amides is 1. The van der Waals surface area contributed by atoms with Gasteiger partial charge < -0.3 is 9.64 Å². The van der Waals surface area contributed by atoms with E-state index in [1.807, 2.05) is 37.3 Å². The first-order valence-electron chi connectivity index (χ1n) is 8.50. The van der Waals surface area contributed by atoms with E-state index in [4.69, 9.17) is 4.74 Å². The molecule has 4 rings (SSSR count). The van der Waals surface area contributed by atoms with Crippen molar-refractivity contribution in [1.29, 1.82) is 0 Å². The fourth-order valence-electron chi connectivity index (χ4n) is 2.86. The predicted octanol–water partition coefficient (Wildman–Crippen LogP) is 2.22. The van der Waals surface area contributed by atoms with Gasteiger partial charge in [0.15, 0.2) is 0 Å². The van der Waals surface area contributed by atoms with Gasteiger partial charge in [-0.15, -0.1) is 0 Å². The smallest absolute Gasteiger partial charge is 0.272 e. The van der Waals surface area contributed by atoms with Gasteiger partial charge in [-0.2, -0.15) is 5.10 Å². The number of carbonyl (C=O) groups is 1. The van der Waals surface area contributed by atoms with Crippen molar-refractivity contribution < 1.29 is 9.53 Å². The summed E-state index contributed by atoms with van der Waals surface area (Å²) in [5, 5.41) is 4.48. The largest absolute Gasteiger partial charge is 0.487 e. The van der Waals surface area contributed by atoms with Crippen molar-refractivity contribution >= 4 is 5.91 Å². The lowest BCUT2D eigenvalue weighted by Gasteiger charge is -2.26. The van der Waals surface area contributed by atoms with Crippen LogP contribution in [0.3, 0.4) is 0 Å². The van der Waals surface area contributed by atoms with E-state index in [0.717, 1.165) is 17.0 Å². The van der Waals surface area contributed by atoms with Gasteiger partial charge in [0, 0.05) is 18.9 Å². The molecule has 7 heteroatoms. The Morgan fingerprint density at radius 1 is 1.12 bits per heavy atom. The maximum Gasteiger partial charge on any atom is 0.272 e. The highest BCUT2D eigenvalue weighted by molar-refractivity contribution is 5.93. The van der Waals surface area contributed by atoms with Crippen molar-refractivity contribution in [1.82, 2.24) is 24.6 Å². The maximum atomic E-state index is 12.7. The van der Waals surface area contributed by atoms with Crippen LogP contribution in [0.25, 0.3) is 0 Å².